The Bertz CT molecular complexity index is 459. The van der Waals surface area contributed by atoms with E-state index in [4.69, 9.17) is 9.47 Å². The number of hydrogen-bond acceptors (Lipinski definition) is 3. The maximum atomic E-state index is 12.7. The van der Waals surface area contributed by atoms with E-state index >= 15 is 0 Å². The number of aliphatic hydroxyl groups excluding tert-OH is 1. The van der Waals surface area contributed by atoms with Crippen LogP contribution in [0.3, 0.4) is 0 Å². The molecule has 0 unspecified atom stereocenters. The van der Waals surface area contributed by atoms with Crippen LogP contribution in [0.25, 0.3) is 0 Å². The summed E-state index contributed by atoms with van der Waals surface area (Å²) >= 11 is 0. The Kier molecular flexibility index (Phi) is 4.60. The molecule has 1 aliphatic rings. The fourth-order valence-electron chi connectivity index (χ4n) is 2.49. The number of benzene rings is 1. The molecule has 1 heterocycles. The number of rotatable bonds is 4. The SMILES string of the molecule is CC1(C)O[C@H]([C@@H](O)C(F)(F)F)[C@H](CCc2ccccc2)O1. The second kappa shape index (κ2) is 5.94. The van der Waals surface area contributed by atoms with E-state index in [0.717, 1.165) is 5.56 Å². The highest BCUT2D eigenvalue weighted by molar-refractivity contribution is 5.15. The number of ether oxygens (including phenoxy) is 2. The van der Waals surface area contributed by atoms with Crippen molar-refractivity contribution in [1.29, 1.82) is 0 Å². The fraction of sp³-hybridized carbons (Fsp3) is 0.600. The molecule has 1 aliphatic heterocycles. The van der Waals surface area contributed by atoms with E-state index < -0.39 is 30.3 Å². The highest BCUT2D eigenvalue weighted by atomic mass is 19.4. The zero-order valence-corrected chi connectivity index (χ0v) is 11.9. The molecule has 1 aromatic carbocycles. The topological polar surface area (TPSA) is 38.7 Å². The summed E-state index contributed by atoms with van der Waals surface area (Å²) < 4.78 is 48.9. The number of alkyl halides is 3. The summed E-state index contributed by atoms with van der Waals surface area (Å²) in [6.45, 7) is 3.09. The second-order valence-electron chi connectivity index (χ2n) is 5.65. The molecule has 3 nitrogen and oxygen atoms in total. The number of aliphatic hydroxyl groups is 1. The molecule has 1 saturated heterocycles. The average Bonchev–Trinajstić information content (AvgIpc) is 2.71. The molecule has 1 fully saturated rings. The minimum Gasteiger partial charge on any atom is -0.381 e. The van der Waals surface area contributed by atoms with Crippen molar-refractivity contribution in [2.45, 2.75) is 57.0 Å². The molecular weight excluding hydrogens is 285 g/mol. The van der Waals surface area contributed by atoms with Crippen molar-refractivity contribution in [3.8, 4) is 0 Å². The molecule has 118 valence electrons. The lowest BCUT2D eigenvalue weighted by Crippen LogP contribution is -2.45. The van der Waals surface area contributed by atoms with Gasteiger partial charge in [-0.05, 0) is 32.3 Å². The number of hydrogen-bond donors (Lipinski definition) is 1. The summed E-state index contributed by atoms with van der Waals surface area (Å²) in [5.41, 5.74) is 1.01. The van der Waals surface area contributed by atoms with Gasteiger partial charge in [-0.1, -0.05) is 30.3 Å². The third kappa shape index (κ3) is 4.18. The molecule has 2 rings (SSSR count). The van der Waals surface area contributed by atoms with Gasteiger partial charge in [0.2, 0.25) is 0 Å². The molecule has 0 radical (unpaired) electrons. The molecule has 0 bridgehead atoms. The lowest BCUT2D eigenvalue weighted by Gasteiger charge is -2.24. The zero-order chi connectivity index (χ0) is 15.7. The first-order valence-corrected chi connectivity index (χ1v) is 6.83. The maximum absolute atomic E-state index is 12.7. The van der Waals surface area contributed by atoms with Crippen molar-refractivity contribution >= 4 is 0 Å². The van der Waals surface area contributed by atoms with Crippen molar-refractivity contribution in [3.05, 3.63) is 35.9 Å². The molecule has 1 aromatic rings. The van der Waals surface area contributed by atoms with E-state index in [1.807, 2.05) is 30.3 Å². The monoisotopic (exact) mass is 304 g/mol. The van der Waals surface area contributed by atoms with Crippen LogP contribution in [0.4, 0.5) is 13.2 Å². The molecule has 6 heteroatoms. The van der Waals surface area contributed by atoms with Crippen molar-refractivity contribution in [1.82, 2.24) is 0 Å². The third-order valence-electron chi connectivity index (χ3n) is 3.43. The summed E-state index contributed by atoms with van der Waals surface area (Å²) in [6.07, 6.45) is -8.54. The highest BCUT2D eigenvalue weighted by Gasteiger charge is 2.53. The van der Waals surface area contributed by atoms with Gasteiger partial charge in [0.05, 0.1) is 6.10 Å². The summed E-state index contributed by atoms with van der Waals surface area (Å²) in [5, 5.41) is 9.46. The largest absolute Gasteiger partial charge is 0.417 e. The minimum atomic E-state index is -4.72. The Morgan fingerprint density at radius 1 is 1.19 bits per heavy atom. The molecule has 1 N–H and O–H groups in total. The van der Waals surface area contributed by atoms with E-state index in [-0.39, 0.29) is 0 Å². The Hall–Kier alpha value is -1.11. The van der Waals surface area contributed by atoms with Crippen LogP contribution in [0.5, 0.6) is 0 Å². The highest BCUT2D eigenvalue weighted by Crippen LogP contribution is 2.36. The van der Waals surface area contributed by atoms with Crippen LogP contribution in [0.2, 0.25) is 0 Å². The normalized spacial score (nSPS) is 26.8. The molecule has 0 aliphatic carbocycles. The van der Waals surface area contributed by atoms with Gasteiger partial charge in [-0.2, -0.15) is 13.2 Å². The minimum absolute atomic E-state index is 0.352. The molecule has 21 heavy (non-hydrogen) atoms. The third-order valence-corrected chi connectivity index (χ3v) is 3.43. The fourth-order valence-corrected chi connectivity index (χ4v) is 2.49. The summed E-state index contributed by atoms with van der Waals surface area (Å²) in [5.74, 6) is -1.13. The molecule has 3 atom stereocenters. The van der Waals surface area contributed by atoms with E-state index in [1.54, 1.807) is 13.8 Å². The lowest BCUT2D eigenvalue weighted by atomic mass is 10.0. The van der Waals surface area contributed by atoms with Crippen LogP contribution in [-0.4, -0.2) is 35.4 Å². The Morgan fingerprint density at radius 2 is 1.81 bits per heavy atom. The van der Waals surface area contributed by atoms with Gasteiger partial charge in [0.25, 0.3) is 0 Å². The van der Waals surface area contributed by atoms with Gasteiger partial charge < -0.3 is 14.6 Å². The van der Waals surface area contributed by atoms with Gasteiger partial charge in [0.1, 0.15) is 6.10 Å². The zero-order valence-electron chi connectivity index (χ0n) is 11.9. The van der Waals surface area contributed by atoms with Crippen molar-refractivity contribution in [3.63, 3.8) is 0 Å². The first kappa shape index (κ1) is 16.3. The molecule has 0 amide bonds. The van der Waals surface area contributed by atoms with E-state index in [9.17, 15) is 18.3 Å². The second-order valence-corrected chi connectivity index (χ2v) is 5.65. The predicted octanol–water partition coefficient (Wildman–Crippen LogP) is 3.06. The van der Waals surface area contributed by atoms with Gasteiger partial charge in [-0.15, -0.1) is 0 Å². The molecule has 0 saturated carbocycles. The molecule has 0 aromatic heterocycles. The van der Waals surface area contributed by atoms with Gasteiger partial charge in [0.15, 0.2) is 11.9 Å². The number of aryl methyl sites for hydroxylation is 1. The van der Waals surface area contributed by atoms with Crippen LogP contribution in [0.1, 0.15) is 25.8 Å². The summed E-state index contributed by atoms with van der Waals surface area (Å²) in [6, 6.07) is 9.41. The van der Waals surface area contributed by atoms with Gasteiger partial charge >= 0.3 is 6.18 Å². The van der Waals surface area contributed by atoms with Crippen LogP contribution in [0.15, 0.2) is 30.3 Å². The summed E-state index contributed by atoms with van der Waals surface area (Å²) in [7, 11) is 0. The Labute approximate surface area is 121 Å². The van der Waals surface area contributed by atoms with Gasteiger partial charge in [-0.25, -0.2) is 0 Å². The van der Waals surface area contributed by atoms with Gasteiger partial charge in [0, 0.05) is 0 Å². The first-order valence-electron chi connectivity index (χ1n) is 6.83. The van der Waals surface area contributed by atoms with Crippen molar-refractivity contribution < 1.29 is 27.8 Å². The smallest absolute Gasteiger partial charge is 0.381 e. The predicted molar refractivity (Wildman–Crippen MR) is 70.6 cm³/mol. The van der Waals surface area contributed by atoms with Crippen LogP contribution in [0, 0.1) is 0 Å². The van der Waals surface area contributed by atoms with E-state index in [1.165, 1.54) is 0 Å². The molecular formula is C15H19F3O3. The van der Waals surface area contributed by atoms with E-state index in [2.05, 4.69) is 0 Å². The first-order chi connectivity index (χ1) is 9.69. The van der Waals surface area contributed by atoms with Crippen molar-refractivity contribution in [2.24, 2.45) is 0 Å². The van der Waals surface area contributed by atoms with Crippen LogP contribution in [-0.2, 0) is 15.9 Å². The standard InChI is InChI=1S/C15H19F3O3/c1-14(2)20-11(9-8-10-6-4-3-5-7-10)12(21-14)13(19)15(16,17)18/h3-7,11-13,19H,8-9H2,1-2H3/t11-,12-,13+/m0/s1. The van der Waals surface area contributed by atoms with Crippen LogP contribution >= 0.6 is 0 Å². The Morgan fingerprint density at radius 3 is 2.38 bits per heavy atom. The Balaban J connectivity index is 2.05. The van der Waals surface area contributed by atoms with E-state index in [0.29, 0.717) is 12.8 Å². The van der Waals surface area contributed by atoms with Crippen molar-refractivity contribution in [2.75, 3.05) is 0 Å². The molecule has 0 spiro atoms. The maximum Gasteiger partial charge on any atom is 0.417 e. The summed E-state index contributed by atoms with van der Waals surface area (Å²) in [4.78, 5) is 0. The van der Waals surface area contributed by atoms with Crippen LogP contribution < -0.4 is 0 Å². The lowest BCUT2D eigenvalue weighted by molar-refractivity contribution is -0.242. The van der Waals surface area contributed by atoms with Gasteiger partial charge in [-0.3, -0.25) is 0 Å². The number of halogens is 3. The quantitative estimate of drug-likeness (QED) is 0.929. The average molecular weight is 304 g/mol.